The van der Waals surface area contributed by atoms with Gasteiger partial charge in [-0.3, -0.25) is 4.79 Å². The SMILES string of the molecule is C/C=C\C#CC#C/C=C\COC(C)=O. The highest BCUT2D eigenvalue weighted by molar-refractivity contribution is 5.66. The zero-order valence-corrected chi connectivity index (χ0v) is 8.33. The molecular weight excluding hydrogens is 176 g/mol. The molecule has 0 amide bonds. The second kappa shape index (κ2) is 9.16. The average molecular weight is 188 g/mol. The van der Waals surface area contributed by atoms with Gasteiger partial charge in [0.25, 0.3) is 0 Å². The maximum atomic E-state index is 10.3. The lowest BCUT2D eigenvalue weighted by Crippen LogP contribution is -1.96. The minimum Gasteiger partial charge on any atom is -0.462 e. The molecule has 0 aliphatic rings. The van der Waals surface area contributed by atoms with Crippen molar-refractivity contribution >= 4 is 5.97 Å². The second-order valence-corrected chi connectivity index (χ2v) is 2.24. The smallest absolute Gasteiger partial charge is 0.302 e. The van der Waals surface area contributed by atoms with E-state index in [-0.39, 0.29) is 12.6 Å². The summed E-state index contributed by atoms with van der Waals surface area (Å²) in [7, 11) is 0. The fraction of sp³-hybridized carbons (Fsp3) is 0.250. The van der Waals surface area contributed by atoms with Crippen LogP contribution in [-0.4, -0.2) is 12.6 Å². The lowest BCUT2D eigenvalue weighted by atomic mass is 10.4. The first-order valence-electron chi connectivity index (χ1n) is 4.18. The molecule has 0 fully saturated rings. The summed E-state index contributed by atoms with van der Waals surface area (Å²) in [6.45, 7) is 3.51. The van der Waals surface area contributed by atoms with E-state index in [9.17, 15) is 4.79 Å². The number of carbonyl (C=O) groups excluding carboxylic acids is 1. The molecule has 0 N–H and O–H groups in total. The zero-order valence-electron chi connectivity index (χ0n) is 8.33. The van der Waals surface area contributed by atoms with Gasteiger partial charge in [0.15, 0.2) is 0 Å². The third-order valence-corrected chi connectivity index (χ3v) is 1.04. The fourth-order valence-electron chi connectivity index (χ4n) is 0.511. The van der Waals surface area contributed by atoms with E-state index < -0.39 is 0 Å². The summed E-state index contributed by atoms with van der Waals surface area (Å²) in [6.07, 6.45) is 6.82. The Morgan fingerprint density at radius 3 is 2.50 bits per heavy atom. The third kappa shape index (κ3) is 10.1. The van der Waals surface area contributed by atoms with Crippen molar-refractivity contribution in [1.29, 1.82) is 0 Å². The number of rotatable bonds is 2. The van der Waals surface area contributed by atoms with Crippen molar-refractivity contribution in [2.75, 3.05) is 6.61 Å². The third-order valence-electron chi connectivity index (χ3n) is 1.04. The van der Waals surface area contributed by atoms with Crippen LogP contribution in [0.15, 0.2) is 24.3 Å². The van der Waals surface area contributed by atoms with Crippen molar-refractivity contribution in [3.63, 3.8) is 0 Å². The summed E-state index contributed by atoms with van der Waals surface area (Å²) in [5.41, 5.74) is 0. The summed E-state index contributed by atoms with van der Waals surface area (Å²) >= 11 is 0. The van der Waals surface area contributed by atoms with Crippen LogP contribution >= 0.6 is 0 Å². The molecule has 0 unspecified atom stereocenters. The molecule has 0 aromatic rings. The van der Waals surface area contributed by atoms with Crippen LogP contribution in [0.5, 0.6) is 0 Å². The highest BCUT2D eigenvalue weighted by Gasteiger charge is 1.84. The highest BCUT2D eigenvalue weighted by Crippen LogP contribution is 1.77. The van der Waals surface area contributed by atoms with Crippen LogP contribution in [0.25, 0.3) is 0 Å². The van der Waals surface area contributed by atoms with Gasteiger partial charge in [0, 0.05) is 6.92 Å². The molecule has 2 heteroatoms. The van der Waals surface area contributed by atoms with Gasteiger partial charge in [0.05, 0.1) is 0 Å². The molecule has 0 spiro atoms. The van der Waals surface area contributed by atoms with Crippen molar-refractivity contribution in [2.24, 2.45) is 0 Å². The quantitative estimate of drug-likeness (QED) is 0.487. The van der Waals surface area contributed by atoms with Gasteiger partial charge in [-0.1, -0.05) is 17.9 Å². The van der Waals surface area contributed by atoms with Gasteiger partial charge in [-0.15, -0.1) is 0 Å². The molecule has 14 heavy (non-hydrogen) atoms. The molecule has 0 aromatic heterocycles. The minimum atomic E-state index is -0.296. The molecule has 2 nitrogen and oxygen atoms in total. The van der Waals surface area contributed by atoms with Crippen LogP contribution in [0.1, 0.15) is 13.8 Å². The van der Waals surface area contributed by atoms with Gasteiger partial charge in [0.1, 0.15) is 6.61 Å². The van der Waals surface area contributed by atoms with E-state index in [1.807, 2.05) is 13.0 Å². The van der Waals surface area contributed by atoms with Crippen molar-refractivity contribution in [1.82, 2.24) is 0 Å². The van der Waals surface area contributed by atoms with Gasteiger partial charge in [-0.25, -0.2) is 0 Å². The Labute approximate surface area is 84.6 Å². The standard InChI is InChI=1S/C12H12O2/c1-3-4-5-6-7-8-9-10-11-14-12(2)13/h3-4,9-10H,11H2,1-2H3/b4-3-,10-9-. The van der Waals surface area contributed by atoms with E-state index in [4.69, 9.17) is 0 Å². The predicted molar refractivity (Wildman–Crippen MR) is 56.1 cm³/mol. The Hall–Kier alpha value is -1.93. The van der Waals surface area contributed by atoms with Crippen LogP contribution in [0.4, 0.5) is 0 Å². The van der Waals surface area contributed by atoms with E-state index in [0.717, 1.165) is 0 Å². The lowest BCUT2D eigenvalue weighted by molar-refractivity contribution is -0.139. The molecule has 0 saturated heterocycles. The minimum absolute atomic E-state index is 0.256. The zero-order chi connectivity index (χ0) is 10.6. The normalized spacial score (nSPS) is 9.00. The first-order chi connectivity index (χ1) is 6.77. The van der Waals surface area contributed by atoms with Gasteiger partial charge >= 0.3 is 5.97 Å². The number of hydrogen-bond acceptors (Lipinski definition) is 2. The second-order valence-electron chi connectivity index (χ2n) is 2.24. The van der Waals surface area contributed by atoms with E-state index in [2.05, 4.69) is 28.4 Å². The van der Waals surface area contributed by atoms with Gasteiger partial charge < -0.3 is 4.74 Å². The Morgan fingerprint density at radius 1 is 1.29 bits per heavy atom. The summed E-state index contributed by atoms with van der Waals surface area (Å²) < 4.78 is 4.65. The predicted octanol–water partition coefficient (Wildman–Crippen LogP) is 1.69. The van der Waals surface area contributed by atoms with Crippen LogP contribution in [0, 0.1) is 23.7 Å². The van der Waals surface area contributed by atoms with E-state index in [1.165, 1.54) is 6.92 Å². The van der Waals surface area contributed by atoms with Crippen molar-refractivity contribution < 1.29 is 9.53 Å². The Bertz CT molecular complexity index is 340. The van der Waals surface area contributed by atoms with Gasteiger partial charge in [-0.05, 0) is 37.0 Å². The maximum Gasteiger partial charge on any atom is 0.302 e. The number of hydrogen-bond donors (Lipinski definition) is 0. The summed E-state index contributed by atoms with van der Waals surface area (Å²) in [5.74, 6) is 10.4. The molecule has 0 saturated carbocycles. The molecule has 0 aliphatic carbocycles. The first kappa shape index (κ1) is 12.1. The molecule has 0 bridgehead atoms. The number of esters is 1. The number of carbonyl (C=O) groups is 1. The monoisotopic (exact) mass is 188 g/mol. The van der Waals surface area contributed by atoms with Crippen molar-refractivity contribution in [2.45, 2.75) is 13.8 Å². The van der Waals surface area contributed by atoms with Crippen LogP contribution in [0.3, 0.4) is 0 Å². The molecular formula is C12H12O2. The van der Waals surface area contributed by atoms with E-state index >= 15 is 0 Å². The van der Waals surface area contributed by atoms with Gasteiger partial charge in [-0.2, -0.15) is 0 Å². The van der Waals surface area contributed by atoms with Crippen LogP contribution < -0.4 is 0 Å². The van der Waals surface area contributed by atoms with Crippen LogP contribution in [0.2, 0.25) is 0 Å². The number of ether oxygens (including phenoxy) is 1. The molecule has 0 atom stereocenters. The fourth-order valence-corrected chi connectivity index (χ4v) is 0.511. The Morgan fingerprint density at radius 2 is 1.93 bits per heavy atom. The Kier molecular flexibility index (Phi) is 7.90. The van der Waals surface area contributed by atoms with Gasteiger partial charge in [0.2, 0.25) is 0 Å². The molecule has 72 valence electrons. The topological polar surface area (TPSA) is 26.3 Å². The molecule has 0 heterocycles. The van der Waals surface area contributed by atoms with Crippen molar-refractivity contribution in [3.8, 4) is 23.7 Å². The number of allylic oxidation sites excluding steroid dienone is 3. The largest absolute Gasteiger partial charge is 0.462 e. The molecule has 0 rings (SSSR count). The molecule has 0 aliphatic heterocycles. The summed E-state index contributed by atoms with van der Waals surface area (Å²) in [5, 5.41) is 0. The molecule has 0 aromatic carbocycles. The molecule has 0 radical (unpaired) electrons. The van der Waals surface area contributed by atoms with E-state index in [0.29, 0.717) is 0 Å². The lowest BCUT2D eigenvalue weighted by Gasteiger charge is -1.91. The van der Waals surface area contributed by atoms with Crippen LogP contribution in [-0.2, 0) is 9.53 Å². The van der Waals surface area contributed by atoms with Crippen molar-refractivity contribution in [3.05, 3.63) is 24.3 Å². The summed E-state index contributed by atoms with van der Waals surface area (Å²) in [4.78, 5) is 10.3. The maximum absolute atomic E-state index is 10.3. The highest BCUT2D eigenvalue weighted by atomic mass is 16.5. The summed E-state index contributed by atoms with van der Waals surface area (Å²) in [6, 6.07) is 0. The Balaban J connectivity index is 3.71. The van der Waals surface area contributed by atoms with E-state index in [1.54, 1.807) is 18.2 Å². The first-order valence-corrected chi connectivity index (χ1v) is 4.18. The average Bonchev–Trinajstić information content (AvgIpc) is 2.15.